The van der Waals surface area contributed by atoms with E-state index in [4.69, 9.17) is 9.84 Å². The molecule has 0 saturated carbocycles. The Kier molecular flexibility index (Phi) is 4.02. The number of halogens is 1. The van der Waals surface area contributed by atoms with Crippen LogP contribution in [0.25, 0.3) is 0 Å². The van der Waals surface area contributed by atoms with Crippen LogP contribution >= 0.6 is 0 Å². The number of hydrogen-bond donors (Lipinski definition) is 1. The van der Waals surface area contributed by atoms with Gasteiger partial charge in [-0.3, -0.25) is 0 Å². The van der Waals surface area contributed by atoms with Gasteiger partial charge in [-0.05, 0) is 32.0 Å². The fourth-order valence-corrected chi connectivity index (χ4v) is 1.81. The molecule has 0 radical (unpaired) electrons. The molecule has 6 heteroatoms. The Morgan fingerprint density at radius 2 is 2.25 bits per heavy atom. The number of carbonyl (C=O) groups is 1. The Balaban J connectivity index is 2.11. The average Bonchev–Trinajstić information content (AvgIpc) is 2.85. The molecule has 1 aromatic carbocycles. The quantitative estimate of drug-likeness (QED) is 0.913. The minimum absolute atomic E-state index is 0.0199. The Hall–Kier alpha value is -2.37. The second-order valence-corrected chi connectivity index (χ2v) is 4.63. The van der Waals surface area contributed by atoms with E-state index in [1.807, 2.05) is 18.4 Å². The van der Waals surface area contributed by atoms with E-state index in [2.05, 4.69) is 4.98 Å². The van der Waals surface area contributed by atoms with Crippen molar-refractivity contribution >= 4 is 5.97 Å². The van der Waals surface area contributed by atoms with Crippen molar-refractivity contribution in [2.24, 2.45) is 0 Å². The molecule has 0 spiro atoms. The summed E-state index contributed by atoms with van der Waals surface area (Å²) in [5, 5.41) is 8.76. The zero-order valence-corrected chi connectivity index (χ0v) is 11.2. The summed E-state index contributed by atoms with van der Waals surface area (Å²) < 4.78 is 21.0. The molecule has 0 amide bonds. The maximum absolute atomic E-state index is 13.7. The van der Waals surface area contributed by atoms with Gasteiger partial charge in [0.25, 0.3) is 0 Å². The summed E-state index contributed by atoms with van der Waals surface area (Å²) in [6.07, 6.45) is 3.34. The highest BCUT2D eigenvalue weighted by atomic mass is 19.1. The number of carboxylic acids is 1. The standard InChI is InChI=1S/C14H15FN2O3/c1-9(2)17-8-16-6-11(17)7-20-13-4-3-10(14(18)19)5-12(13)15/h3-6,8-9H,7H2,1-2H3,(H,18,19). The predicted octanol–water partition coefficient (Wildman–Crippen LogP) is 2.88. The Morgan fingerprint density at radius 3 is 2.85 bits per heavy atom. The largest absolute Gasteiger partial charge is 0.484 e. The monoisotopic (exact) mass is 278 g/mol. The van der Waals surface area contributed by atoms with Crippen molar-refractivity contribution in [3.63, 3.8) is 0 Å². The van der Waals surface area contributed by atoms with E-state index in [9.17, 15) is 9.18 Å². The molecule has 20 heavy (non-hydrogen) atoms. The Labute approximate surface area is 115 Å². The third-order valence-electron chi connectivity index (χ3n) is 2.86. The summed E-state index contributed by atoms with van der Waals surface area (Å²) in [4.78, 5) is 14.7. The molecular weight excluding hydrogens is 263 g/mol. The molecule has 0 aliphatic heterocycles. The predicted molar refractivity (Wildman–Crippen MR) is 70.3 cm³/mol. The van der Waals surface area contributed by atoms with Crippen molar-refractivity contribution < 1.29 is 19.0 Å². The molecule has 0 atom stereocenters. The second kappa shape index (κ2) is 5.73. The normalized spacial score (nSPS) is 10.8. The van der Waals surface area contributed by atoms with Crippen molar-refractivity contribution in [2.45, 2.75) is 26.5 Å². The van der Waals surface area contributed by atoms with E-state index in [0.29, 0.717) is 0 Å². The molecule has 0 fully saturated rings. The number of ether oxygens (including phenoxy) is 1. The van der Waals surface area contributed by atoms with Crippen LogP contribution in [0.4, 0.5) is 4.39 Å². The van der Waals surface area contributed by atoms with Gasteiger partial charge in [-0.1, -0.05) is 0 Å². The number of carboxylic acid groups (broad SMARTS) is 1. The molecule has 0 unspecified atom stereocenters. The van der Waals surface area contributed by atoms with Gasteiger partial charge in [0.15, 0.2) is 11.6 Å². The highest BCUT2D eigenvalue weighted by molar-refractivity contribution is 5.87. The summed E-state index contributed by atoms with van der Waals surface area (Å²) in [7, 11) is 0. The van der Waals surface area contributed by atoms with Gasteiger partial charge in [0.2, 0.25) is 0 Å². The van der Waals surface area contributed by atoms with Crippen LogP contribution in [0.2, 0.25) is 0 Å². The Morgan fingerprint density at radius 1 is 1.50 bits per heavy atom. The summed E-state index contributed by atoms with van der Waals surface area (Å²) >= 11 is 0. The average molecular weight is 278 g/mol. The lowest BCUT2D eigenvalue weighted by Gasteiger charge is -2.13. The zero-order valence-electron chi connectivity index (χ0n) is 11.2. The first-order valence-electron chi connectivity index (χ1n) is 6.15. The third-order valence-corrected chi connectivity index (χ3v) is 2.86. The molecule has 1 aromatic heterocycles. The number of aromatic nitrogens is 2. The maximum Gasteiger partial charge on any atom is 0.335 e. The first-order valence-corrected chi connectivity index (χ1v) is 6.15. The number of benzene rings is 1. The van der Waals surface area contributed by atoms with Gasteiger partial charge >= 0.3 is 5.97 Å². The summed E-state index contributed by atoms with van der Waals surface area (Å²) in [6.45, 7) is 4.18. The van der Waals surface area contributed by atoms with Crippen LogP contribution in [-0.4, -0.2) is 20.6 Å². The molecule has 2 aromatic rings. The summed E-state index contributed by atoms with van der Waals surface area (Å²) in [6, 6.07) is 3.79. The molecule has 5 nitrogen and oxygen atoms in total. The second-order valence-electron chi connectivity index (χ2n) is 4.63. The van der Waals surface area contributed by atoms with Crippen molar-refractivity contribution in [1.29, 1.82) is 0 Å². The van der Waals surface area contributed by atoms with E-state index >= 15 is 0 Å². The van der Waals surface area contributed by atoms with Crippen LogP contribution in [0.3, 0.4) is 0 Å². The minimum Gasteiger partial charge on any atom is -0.484 e. The lowest BCUT2D eigenvalue weighted by atomic mass is 10.2. The van der Waals surface area contributed by atoms with Crippen LogP contribution in [0.15, 0.2) is 30.7 Å². The summed E-state index contributed by atoms with van der Waals surface area (Å²) in [5.74, 6) is -1.85. The third kappa shape index (κ3) is 2.96. The summed E-state index contributed by atoms with van der Waals surface area (Å²) in [5.41, 5.74) is 0.712. The van der Waals surface area contributed by atoms with Crippen molar-refractivity contribution in [3.8, 4) is 5.75 Å². The molecule has 0 saturated heterocycles. The van der Waals surface area contributed by atoms with E-state index < -0.39 is 11.8 Å². The van der Waals surface area contributed by atoms with Crippen LogP contribution in [0.5, 0.6) is 5.75 Å². The van der Waals surface area contributed by atoms with Crippen molar-refractivity contribution in [1.82, 2.24) is 9.55 Å². The molecule has 1 N–H and O–H groups in total. The molecule has 0 aliphatic carbocycles. The van der Waals surface area contributed by atoms with Gasteiger partial charge in [0.05, 0.1) is 23.8 Å². The van der Waals surface area contributed by atoms with Gasteiger partial charge in [-0.2, -0.15) is 0 Å². The van der Waals surface area contributed by atoms with Gasteiger partial charge < -0.3 is 14.4 Å². The fraction of sp³-hybridized carbons (Fsp3) is 0.286. The number of imidazole rings is 1. The number of aromatic carboxylic acids is 1. The molecule has 106 valence electrons. The smallest absolute Gasteiger partial charge is 0.335 e. The highest BCUT2D eigenvalue weighted by Crippen LogP contribution is 2.20. The van der Waals surface area contributed by atoms with Gasteiger partial charge in [-0.25, -0.2) is 14.2 Å². The molecule has 0 aliphatic rings. The first-order chi connectivity index (χ1) is 9.49. The van der Waals surface area contributed by atoms with E-state index in [-0.39, 0.29) is 24.0 Å². The molecule has 2 rings (SSSR count). The van der Waals surface area contributed by atoms with Gasteiger partial charge in [-0.15, -0.1) is 0 Å². The van der Waals surface area contributed by atoms with Crippen molar-refractivity contribution in [2.75, 3.05) is 0 Å². The van der Waals surface area contributed by atoms with E-state index in [1.165, 1.54) is 12.1 Å². The maximum atomic E-state index is 13.7. The van der Waals surface area contributed by atoms with Crippen LogP contribution < -0.4 is 4.74 Å². The van der Waals surface area contributed by atoms with Crippen LogP contribution in [-0.2, 0) is 6.61 Å². The molecular formula is C14H15FN2O3. The topological polar surface area (TPSA) is 64.4 Å². The molecule has 0 bridgehead atoms. The van der Waals surface area contributed by atoms with Gasteiger partial charge in [0.1, 0.15) is 6.61 Å². The van der Waals surface area contributed by atoms with E-state index in [1.54, 1.807) is 12.5 Å². The van der Waals surface area contributed by atoms with Crippen LogP contribution in [0.1, 0.15) is 35.9 Å². The van der Waals surface area contributed by atoms with Crippen LogP contribution in [0, 0.1) is 5.82 Å². The minimum atomic E-state index is -1.17. The highest BCUT2D eigenvalue weighted by Gasteiger charge is 2.11. The SMILES string of the molecule is CC(C)n1cncc1COc1ccc(C(=O)O)cc1F. The number of nitrogens with zero attached hydrogens (tertiary/aromatic N) is 2. The zero-order chi connectivity index (χ0) is 14.7. The molecule has 1 heterocycles. The number of rotatable bonds is 5. The lowest BCUT2D eigenvalue weighted by Crippen LogP contribution is -2.08. The van der Waals surface area contributed by atoms with Gasteiger partial charge in [0, 0.05) is 6.04 Å². The Bertz CT molecular complexity index is 623. The lowest BCUT2D eigenvalue weighted by molar-refractivity contribution is 0.0696. The number of hydrogen-bond acceptors (Lipinski definition) is 3. The first kappa shape index (κ1) is 14.0. The fourth-order valence-electron chi connectivity index (χ4n) is 1.81. The van der Waals surface area contributed by atoms with Crippen molar-refractivity contribution in [3.05, 3.63) is 47.8 Å². The van der Waals surface area contributed by atoms with E-state index in [0.717, 1.165) is 11.8 Å².